The van der Waals surface area contributed by atoms with Gasteiger partial charge in [0, 0.05) is 24.9 Å². The highest BCUT2D eigenvalue weighted by Gasteiger charge is 2.40. The molecule has 172 valence electrons. The van der Waals surface area contributed by atoms with E-state index in [0.717, 1.165) is 24.8 Å². The maximum absolute atomic E-state index is 13.4. The predicted octanol–water partition coefficient (Wildman–Crippen LogP) is 4.18. The van der Waals surface area contributed by atoms with Crippen molar-refractivity contribution in [1.82, 2.24) is 4.72 Å². The summed E-state index contributed by atoms with van der Waals surface area (Å²) in [5.41, 5.74) is 0.896. The zero-order valence-corrected chi connectivity index (χ0v) is 19.6. The lowest BCUT2D eigenvalue weighted by Gasteiger charge is -2.41. The maximum Gasteiger partial charge on any atom is 0.241 e. The smallest absolute Gasteiger partial charge is 0.241 e. The second kappa shape index (κ2) is 8.75. The summed E-state index contributed by atoms with van der Waals surface area (Å²) in [5, 5.41) is 0. The molecule has 1 amide bonds. The van der Waals surface area contributed by atoms with Gasteiger partial charge in [0.25, 0.3) is 0 Å². The summed E-state index contributed by atoms with van der Waals surface area (Å²) in [6.07, 6.45) is 3.29. The molecule has 1 N–H and O–H groups in total. The molecule has 8 heteroatoms. The van der Waals surface area contributed by atoms with Gasteiger partial charge in [0.1, 0.15) is 17.1 Å². The molecule has 0 aliphatic carbocycles. The number of carbonyl (C=O) groups is 1. The van der Waals surface area contributed by atoms with E-state index in [1.165, 1.54) is 19.2 Å². The Morgan fingerprint density at radius 3 is 2.59 bits per heavy atom. The Morgan fingerprint density at radius 1 is 1.19 bits per heavy atom. The first kappa shape index (κ1) is 22.6. The Kier molecular flexibility index (Phi) is 6.18. The lowest BCUT2D eigenvalue weighted by atomic mass is 9.84. The molecule has 1 saturated heterocycles. The molecule has 2 aromatic rings. The van der Waals surface area contributed by atoms with Crippen molar-refractivity contribution in [3.8, 4) is 11.5 Å². The van der Waals surface area contributed by atoms with Gasteiger partial charge in [0.15, 0.2) is 0 Å². The van der Waals surface area contributed by atoms with Crippen LogP contribution in [0.2, 0.25) is 0 Å². The number of methoxy groups -OCH3 is 1. The molecule has 1 fully saturated rings. The predicted molar refractivity (Wildman–Crippen MR) is 123 cm³/mol. The number of nitrogens with zero attached hydrogens (tertiary/aromatic N) is 1. The van der Waals surface area contributed by atoms with E-state index < -0.39 is 21.7 Å². The molecule has 32 heavy (non-hydrogen) atoms. The molecule has 2 heterocycles. The Labute approximate surface area is 189 Å². The molecule has 0 bridgehead atoms. The lowest BCUT2D eigenvalue weighted by molar-refractivity contribution is -0.117. The zero-order valence-electron chi connectivity index (χ0n) is 18.8. The zero-order chi connectivity index (χ0) is 22.9. The van der Waals surface area contributed by atoms with Crippen LogP contribution in [0, 0.1) is 0 Å². The number of rotatable bonds is 7. The van der Waals surface area contributed by atoms with Crippen molar-refractivity contribution >= 4 is 21.6 Å². The summed E-state index contributed by atoms with van der Waals surface area (Å²) in [7, 11) is -2.35. The van der Waals surface area contributed by atoms with Crippen LogP contribution in [-0.2, 0) is 14.8 Å². The van der Waals surface area contributed by atoms with Crippen LogP contribution in [0.15, 0.2) is 47.4 Å². The van der Waals surface area contributed by atoms with Crippen LogP contribution in [0.4, 0.5) is 5.69 Å². The lowest BCUT2D eigenvalue weighted by Crippen LogP contribution is -2.44. The van der Waals surface area contributed by atoms with E-state index in [-0.39, 0.29) is 10.8 Å². The second-order valence-electron chi connectivity index (χ2n) is 8.39. The minimum Gasteiger partial charge on any atom is -0.495 e. The van der Waals surface area contributed by atoms with Gasteiger partial charge in [-0.3, -0.25) is 4.79 Å². The Bertz CT molecular complexity index is 1110. The van der Waals surface area contributed by atoms with E-state index in [1.807, 2.05) is 24.3 Å². The third kappa shape index (κ3) is 4.09. The van der Waals surface area contributed by atoms with E-state index in [9.17, 15) is 13.2 Å². The molecule has 0 spiro atoms. The first-order chi connectivity index (χ1) is 15.3. The molecular weight excluding hydrogens is 428 g/mol. The fourth-order valence-corrected chi connectivity index (χ4v) is 5.85. The first-order valence-electron chi connectivity index (χ1n) is 11.1. The Morgan fingerprint density at radius 2 is 1.94 bits per heavy atom. The number of benzene rings is 2. The quantitative estimate of drug-likeness (QED) is 0.673. The molecule has 0 saturated carbocycles. The van der Waals surface area contributed by atoms with Crippen molar-refractivity contribution in [2.75, 3.05) is 18.6 Å². The van der Waals surface area contributed by atoms with Gasteiger partial charge in [-0.1, -0.05) is 32.0 Å². The average molecular weight is 459 g/mol. The van der Waals surface area contributed by atoms with Gasteiger partial charge in [-0.25, -0.2) is 13.1 Å². The number of anilines is 1. The molecule has 0 unspecified atom stereocenters. The molecule has 2 aliphatic heterocycles. The van der Waals surface area contributed by atoms with Crippen molar-refractivity contribution < 1.29 is 22.7 Å². The number of sulfonamides is 1. The van der Waals surface area contributed by atoms with Crippen LogP contribution in [-0.4, -0.2) is 33.6 Å². The first-order valence-corrected chi connectivity index (χ1v) is 12.6. The summed E-state index contributed by atoms with van der Waals surface area (Å²) in [4.78, 5) is 14.0. The topological polar surface area (TPSA) is 84.9 Å². The van der Waals surface area contributed by atoms with E-state index in [4.69, 9.17) is 9.47 Å². The standard InChI is InChI=1S/C24H30N2O5S/c1-4-24(5-2)16-19(18-9-6-7-10-21(18)31-24)25-32(28,29)17-12-13-22(30-3)20(15-17)26-14-8-11-23(26)27/h6-7,9-10,12-13,15,19,25H,4-5,8,11,14,16H2,1-3H3/t19-/m0/s1. The van der Waals surface area contributed by atoms with E-state index in [0.29, 0.717) is 36.6 Å². The van der Waals surface area contributed by atoms with Crippen LogP contribution in [0.25, 0.3) is 0 Å². The van der Waals surface area contributed by atoms with Gasteiger partial charge in [-0.05, 0) is 43.5 Å². The largest absolute Gasteiger partial charge is 0.495 e. The number of hydrogen-bond donors (Lipinski definition) is 1. The van der Waals surface area contributed by atoms with Gasteiger partial charge in [0.2, 0.25) is 15.9 Å². The van der Waals surface area contributed by atoms with Gasteiger partial charge in [-0.2, -0.15) is 0 Å². The fourth-order valence-electron chi connectivity index (χ4n) is 4.61. The summed E-state index contributed by atoms with van der Waals surface area (Å²) in [6.45, 7) is 4.67. The number of carbonyl (C=O) groups excluding carboxylic acids is 1. The van der Waals surface area contributed by atoms with Gasteiger partial charge < -0.3 is 14.4 Å². The number of nitrogens with one attached hydrogen (secondary N) is 1. The van der Waals surface area contributed by atoms with E-state index in [2.05, 4.69) is 18.6 Å². The molecular formula is C24H30N2O5S. The number of ether oxygens (including phenoxy) is 2. The Balaban J connectivity index is 1.69. The third-order valence-corrected chi connectivity index (χ3v) is 8.08. The molecule has 2 aliphatic rings. The fraction of sp³-hybridized carbons (Fsp3) is 0.458. The van der Waals surface area contributed by atoms with E-state index in [1.54, 1.807) is 11.0 Å². The average Bonchev–Trinajstić information content (AvgIpc) is 3.23. The second-order valence-corrected chi connectivity index (χ2v) is 10.1. The van der Waals surface area contributed by atoms with Gasteiger partial charge in [0.05, 0.1) is 23.7 Å². The monoisotopic (exact) mass is 458 g/mol. The molecule has 0 aromatic heterocycles. The highest BCUT2D eigenvalue weighted by Crippen LogP contribution is 2.43. The molecule has 2 aromatic carbocycles. The van der Waals surface area contributed by atoms with Gasteiger partial charge in [-0.15, -0.1) is 0 Å². The Hall–Kier alpha value is -2.58. The van der Waals surface area contributed by atoms with Crippen molar-refractivity contribution in [2.45, 2.75) is 62.5 Å². The molecule has 7 nitrogen and oxygen atoms in total. The van der Waals surface area contributed by atoms with E-state index >= 15 is 0 Å². The number of hydrogen-bond acceptors (Lipinski definition) is 5. The number of amides is 1. The highest BCUT2D eigenvalue weighted by molar-refractivity contribution is 7.89. The van der Waals surface area contributed by atoms with Crippen molar-refractivity contribution in [3.05, 3.63) is 48.0 Å². The maximum atomic E-state index is 13.4. The number of para-hydroxylation sites is 1. The van der Waals surface area contributed by atoms with Crippen molar-refractivity contribution in [2.24, 2.45) is 0 Å². The summed E-state index contributed by atoms with van der Waals surface area (Å²) >= 11 is 0. The summed E-state index contributed by atoms with van der Waals surface area (Å²) < 4.78 is 41.5. The normalized spacial score (nSPS) is 20.0. The summed E-state index contributed by atoms with van der Waals surface area (Å²) in [6, 6.07) is 11.8. The van der Waals surface area contributed by atoms with Crippen LogP contribution < -0.4 is 19.1 Å². The van der Waals surface area contributed by atoms with Crippen LogP contribution in [0.5, 0.6) is 11.5 Å². The molecule has 0 radical (unpaired) electrons. The van der Waals surface area contributed by atoms with Crippen LogP contribution in [0.3, 0.4) is 0 Å². The van der Waals surface area contributed by atoms with Crippen molar-refractivity contribution in [3.63, 3.8) is 0 Å². The molecule has 1 atom stereocenters. The van der Waals surface area contributed by atoms with Crippen molar-refractivity contribution in [1.29, 1.82) is 0 Å². The highest BCUT2D eigenvalue weighted by atomic mass is 32.2. The molecule has 4 rings (SSSR count). The van der Waals surface area contributed by atoms with Gasteiger partial charge >= 0.3 is 0 Å². The minimum atomic E-state index is -3.86. The van der Waals surface area contributed by atoms with Crippen LogP contribution in [0.1, 0.15) is 57.6 Å². The third-order valence-electron chi connectivity index (χ3n) is 6.61. The SMILES string of the molecule is CCC1(CC)C[C@H](NS(=O)(=O)c2ccc(OC)c(N3CCCC3=O)c2)c2ccccc2O1. The van der Waals surface area contributed by atoms with Crippen LogP contribution >= 0.6 is 0 Å². The number of fused-ring (bicyclic) bond motifs is 1. The minimum absolute atomic E-state index is 0.0279. The summed E-state index contributed by atoms with van der Waals surface area (Å²) in [5.74, 6) is 1.17.